The first-order valence-electron chi connectivity index (χ1n) is 10.8. The number of amides is 1. The average Bonchev–Trinajstić information content (AvgIpc) is 3.40. The third-order valence-electron chi connectivity index (χ3n) is 5.35. The number of unbranched alkanes of at least 4 members (excludes halogenated alkanes) is 1. The normalized spacial score (nSPS) is 20.6. The summed E-state index contributed by atoms with van der Waals surface area (Å²) in [7, 11) is 0. The Bertz CT molecular complexity index is 1010. The summed E-state index contributed by atoms with van der Waals surface area (Å²) >= 11 is 0. The van der Waals surface area contributed by atoms with Gasteiger partial charge in [-0.3, -0.25) is 4.79 Å². The summed E-state index contributed by atoms with van der Waals surface area (Å²) in [5.74, 6) is 5.41. The van der Waals surface area contributed by atoms with Crippen molar-refractivity contribution in [1.29, 1.82) is 0 Å². The van der Waals surface area contributed by atoms with Gasteiger partial charge in [-0.25, -0.2) is 4.57 Å². The van der Waals surface area contributed by atoms with Gasteiger partial charge in [0.25, 0.3) is 0 Å². The summed E-state index contributed by atoms with van der Waals surface area (Å²) < 4.78 is 6.83. The van der Waals surface area contributed by atoms with Gasteiger partial charge in [0.15, 0.2) is 0 Å². The van der Waals surface area contributed by atoms with Crippen LogP contribution in [0.2, 0.25) is 0 Å². The molecule has 0 saturated carbocycles. The van der Waals surface area contributed by atoms with Gasteiger partial charge in [-0.1, -0.05) is 42.2 Å². The van der Waals surface area contributed by atoms with Crippen LogP contribution in [0.4, 0.5) is 5.82 Å². The Morgan fingerprint density at radius 3 is 2.82 bits per heavy atom. The maximum atomic E-state index is 12.1. The third kappa shape index (κ3) is 6.63. The van der Waals surface area contributed by atoms with Crippen LogP contribution in [0.1, 0.15) is 36.6 Å². The summed E-state index contributed by atoms with van der Waals surface area (Å²) in [5.41, 5.74) is 7.39. The molecule has 1 aliphatic heterocycles. The van der Waals surface area contributed by atoms with Gasteiger partial charge in [0, 0.05) is 19.4 Å². The van der Waals surface area contributed by atoms with Crippen LogP contribution in [-0.4, -0.2) is 57.0 Å². The second kappa shape index (κ2) is 11.6. The Morgan fingerprint density at radius 1 is 1.39 bits per heavy atom. The maximum Gasteiger partial charge on any atom is 0.326 e. The Labute approximate surface area is 191 Å². The molecule has 1 amide bonds. The number of hydrogen-bond donors (Lipinski definition) is 4. The summed E-state index contributed by atoms with van der Waals surface area (Å²) in [5, 5.41) is 33.3. The molecular formula is C23H28N4O6. The molecule has 1 aliphatic rings. The van der Waals surface area contributed by atoms with Gasteiger partial charge in [0.2, 0.25) is 12.1 Å². The number of carbonyl (C=O) groups excluding carboxylic acids is 1. The molecule has 2 aromatic rings. The highest BCUT2D eigenvalue weighted by Crippen LogP contribution is 2.33. The van der Waals surface area contributed by atoms with Gasteiger partial charge < -0.3 is 36.1 Å². The molecule has 10 heteroatoms. The first kappa shape index (κ1) is 24.4. The van der Waals surface area contributed by atoms with Gasteiger partial charge in [-0.05, 0) is 23.3 Å². The van der Waals surface area contributed by atoms with E-state index in [1.807, 2.05) is 30.3 Å². The number of rotatable bonds is 9. The number of nitrogens with two attached hydrogens (primary N) is 1. The van der Waals surface area contributed by atoms with Crippen LogP contribution in [0.15, 0.2) is 42.6 Å². The first-order chi connectivity index (χ1) is 15.9. The number of benzene rings is 1. The molecule has 5 N–H and O–H groups in total. The zero-order chi connectivity index (χ0) is 23.8. The minimum atomic E-state index is -0.896. The predicted molar refractivity (Wildman–Crippen MR) is 120 cm³/mol. The Morgan fingerprint density at radius 2 is 2.15 bits per heavy atom. The molecule has 1 aromatic carbocycles. The fourth-order valence-corrected chi connectivity index (χ4v) is 3.61. The second-order valence-corrected chi connectivity index (χ2v) is 7.86. The molecule has 0 unspecified atom stereocenters. The highest BCUT2D eigenvalue weighted by molar-refractivity contribution is 5.81. The van der Waals surface area contributed by atoms with E-state index >= 15 is 0 Å². The van der Waals surface area contributed by atoms with Crippen molar-refractivity contribution < 1.29 is 24.7 Å². The predicted octanol–water partition coefficient (Wildman–Crippen LogP) is 0.855. The van der Waals surface area contributed by atoms with Crippen LogP contribution >= 0.6 is 0 Å². The molecule has 0 aliphatic carbocycles. The average molecular weight is 456 g/mol. The molecule has 1 fully saturated rings. The largest absolute Gasteiger partial charge is 0.394 e. The van der Waals surface area contributed by atoms with Crippen molar-refractivity contribution in [3.05, 3.63) is 63.8 Å². The van der Waals surface area contributed by atoms with Gasteiger partial charge in [0.05, 0.1) is 30.4 Å². The molecule has 1 saturated heterocycles. The molecule has 4 atom stereocenters. The van der Waals surface area contributed by atoms with E-state index in [2.05, 4.69) is 17.2 Å². The molecule has 2 heterocycles. The van der Waals surface area contributed by atoms with Crippen molar-refractivity contribution in [3.63, 3.8) is 0 Å². The lowest BCUT2D eigenvalue weighted by atomic mass is 10.1. The molecule has 0 radical (unpaired) electrons. The summed E-state index contributed by atoms with van der Waals surface area (Å²) in [4.78, 5) is 23.0. The van der Waals surface area contributed by atoms with Crippen LogP contribution in [0, 0.1) is 22.0 Å². The van der Waals surface area contributed by atoms with Crippen LogP contribution < -0.4 is 11.1 Å². The monoisotopic (exact) mass is 456 g/mol. The zero-order valence-electron chi connectivity index (χ0n) is 18.1. The van der Waals surface area contributed by atoms with E-state index in [1.54, 1.807) is 0 Å². The van der Waals surface area contributed by atoms with Gasteiger partial charge in [0.1, 0.15) is 12.3 Å². The van der Waals surface area contributed by atoms with Crippen molar-refractivity contribution >= 4 is 11.7 Å². The van der Waals surface area contributed by atoms with Gasteiger partial charge in [-0.2, -0.15) is 0 Å². The van der Waals surface area contributed by atoms with Gasteiger partial charge >= 0.3 is 5.82 Å². The highest BCUT2D eigenvalue weighted by Gasteiger charge is 2.39. The first-order valence-corrected chi connectivity index (χ1v) is 10.8. The summed E-state index contributed by atoms with van der Waals surface area (Å²) in [6, 6.07) is 10.3. The molecule has 0 spiro atoms. The molecule has 10 nitrogen and oxygen atoms in total. The van der Waals surface area contributed by atoms with E-state index in [1.165, 1.54) is 16.8 Å². The van der Waals surface area contributed by atoms with Gasteiger partial charge in [-0.15, -0.1) is 0 Å². The van der Waals surface area contributed by atoms with Crippen LogP contribution in [0.25, 0.3) is 0 Å². The number of aliphatic hydroxyl groups is 2. The number of carbonyl (C=O) groups is 1. The van der Waals surface area contributed by atoms with E-state index in [4.69, 9.17) is 10.5 Å². The van der Waals surface area contributed by atoms with Crippen molar-refractivity contribution in [2.75, 3.05) is 13.2 Å². The lowest BCUT2D eigenvalue weighted by Gasteiger charge is -2.11. The lowest BCUT2D eigenvalue weighted by molar-refractivity contribution is -0.393. The molecule has 176 valence electrons. The fourth-order valence-electron chi connectivity index (χ4n) is 3.61. The van der Waals surface area contributed by atoms with E-state index < -0.39 is 29.4 Å². The minimum Gasteiger partial charge on any atom is -0.394 e. The standard InChI is InChI=1S/C23H28N4O6/c24-18(11-16-7-3-1-4-8-16)23(30)25-10-6-2-5-9-17-12-21(27(31)32)26(14-17)22-13-19(29)20(15-28)33-22/h1,3-4,7-8,12,14,18-20,22,28-29H,2,6,10-11,13,15,24H2,(H,25,30)/t18-,19-,20+,22+/m0/s1. The topological polar surface area (TPSA) is 153 Å². The Kier molecular flexibility index (Phi) is 8.57. The van der Waals surface area contributed by atoms with Crippen molar-refractivity contribution in [1.82, 2.24) is 9.88 Å². The van der Waals surface area contributed by atoms with E-state index in [0.717, 1.165) is 5.56 Å². The summed E-state index contributed by atoms with van der Waals surface area (Å²) in [6.07, 6.45) is 0.780. The van der Waals surface area contributed by atoms with Crippen molar-refractivity contribution in [2.45, 2.75) is 50.2 Å². The summed E-state index contributed by atoms with van der Waals surface area (Å²) in [6.45, 7) is 0.0562. The van der Waals surface area contributed by atoms with Crippen molar-refractivity contribution in [3.8, 4) is 11.8 Å². The smallest absolute Gasteiger partial charge is 0.326 e. The number of hydrogen-bond acceptors (Lipinski definition) is 7. The molecule has 33 heavy (non-hydrogen) atoms. The minimum absolute atomic E-state index is 0.139. The van der Waals surface area contributed by atoms with Crippen LogP contribution in [0.5, 0.6) is 0 Å². The number of nitrogens with one attached hydrogen (secondary N) is 1. The number of nitro groups is 1. The second-order valence-electron chi connectivity index (χ2n) is 7.86. The maximum absolute atomic E-state index is 12.1. The Hall–Kier alpha value is -3.23. The zero-order valence-corrected chi connectivity index (χ0v) is 18.1. The fraction of sp³-hybridized carbons (Fsp3) is 0.435. The number of aromatic nitrogens is 1. The van der Waals surface area contributed by atoms with Crippen LogP contribution in [-0.2, 0) is 16.0 Å². The molecular weight excluding hydrogens is 428 g/mol. The lowest BCUT2D eigenvalue weighted by Crippen LogP contribution is -2.42. The molecule has 0 bridgehead atoms. The number of ether oxygens (including phenoxy) is 1. The van der Waals surface area contributed by atoms with E-state index in [-0.39, 0.29) is 24.8 Å². The van der Waals surface area contributed by atoms with E-state index in [0.29, 0.717) is 31.4 Å². The quantitative estimate of drug-likeness (QED) is 0.189. The highest BCUT2D eigenvalue weighted by atomic mass is 16.6. The number of nitrogens with zero attached hydrogens (tertiary/aromatic N) is 2. The molecule has 3 rings (SSSR count). The number of aliphatic hydroxyl groups excluding tert-OH is 2. The SMILES string of the molecule is N[C@@H](Cc1ccccc1)C(=O)NCCCC#Cc1cc([N+](=O)[O-])n([C@H]2C[C@H](O)[C@@H](CO)O2)c1. The third-order valence-corrected chi connectivity index (χ3v) is 5.35. The van der Waals surface area contributed by atoms with Crippen molar-refractivity contribution in [2.24, 2.45) is 5.73 Å². The molecule has 1 aromatic heterocycles. The Balaban J connectivity index is 1.47. The van der Waals surface area contributed by atoms with Crippen LogP contribution in [0.3, 0.4) is 0 Å². The van der Waals surface area contributed by atoms with E-state index in [9.17, 15) is 25.1 Å².